The van der Waals surface area contributed by atoms with Gasteiger partial charge in [-0.15, -0.1) is 0 Å². The summed E-state index contributed by atoms with van der Waals surface area (Å²) in [5, 5.41) is 2.91. The highest BCUT2D eigenvalue weighted by atomic mass is 79.9. The summed E-state index contributed by atoms with van der Waals surface area (Å²) < 4.78 is 6.81. The maximum Gasteiger partial charge on any atom is 0.251 e. The van der Waals surface area contributed by atoms with Crippen molar-refractivity contribution in [2.24, 2.45) is 0 Å². The largest absolute Gasteiger partial charge is 0.376 e. The molecule has 1 fully saturated rings. The number of ether oxygens (including phenoxy) is 1. The Labute approximate surface area is 129 Å². The fourth-order valence-electron chi connectivity index (χ4n) is 2.51. The fraction of sp³-hybridized carbons (Fsp3) is 0.562. The van der Waals surface area contributed by atoms with Gasteiger partial charge in [-0.1, -0.05) is 35.2 Å². The molecule has 110 valence electrons. The predicted octanol–water partition coefficient (Wildman–Crippen LogP) is 3.84. The van der Waals surface area contributed by atoms with Gasteiger partial charge in [0, 0.05) is 16.6 Å². The Morgan fingerprint density at radius 2 is 2.10 bits per heavy atom. The fourth-order valence-corrected chi connectivity index (χ4v) is 2.76. The third-order valence-corrected chi connectivity index (χ3v) is 4.60. The number of hydrogen-bond acceptors (Lipinski definition) is 2. The van der Waals surface area contributed by atoms with Crippen LogP contribution in [0.25, 0.3) is 0 Å². The molecule has 3 nitrogen and oxygen atoms in total. The van der Waals surface area contributed by atoms with Gasteiger partial charge in [-0.2, -0.15) is 0 Å². The molecule has 0 unspecified atom stereocenters. The molecule has 0 aliphatic heterocycles. The number of aryl methyl sites for hydroxylation is 1. The van der Waals surface area contributed by atoms with Gasteiger partial charge in [-0.05, 0) is 43.5 Å². The maximum absolute atomic E-state index is 12.0. The highest BCUT2D eigenvalue weighted by Gasteiger charge is 2.13. The van der Waals surface area contributed by atoms with Gasteiger partial charge in [-0.25, -0.2) is 0 Å². The number of amides is 1. The molecule has 0 heterocycles. The molecule has 2 rings (SSSR count). The lowest BCUT2D eigenvalue weighted by atomic mass is 9.98. The summed E-state index contributed by atoms with van der Waals surface area (Å²) in [7, 11) is 0. The molecule has 0 atom stereocenters. The van der Waals surface area contributed by atoms with E-state index in [1.165, 1.54) is 32.1 Å². The van der Waals surface area contributed by atoms with Crippen molar-refractivity contribution in [1.29, 1.82) is 0 Å². The van der Waals surface area contributed by atoms with E-state index in [-0.39, 0.29) is 5.91 Å². The quantitative estimate of drug-likeness (QED) is 0.827. The van der Waals surface area contributed by atoms with Crippen LogP contribution in [0.5, 0.6) is 0 Å². The molecule has 20 heavy (non-hydrogen) atoms. The van der Waals surface area contributed by atoms with Crippen molar-refractivity contribution < 1.29 is 9.53 Å². The van der Waals surface area contributed by atoms with E-state index >= 15 is 0 Å². The molecule has 0 bridgehead atoms. The number of hydrogen-bond donors (Lipinski definition) is 1. The first-order valence-corrected chi connectivity index (χ1v) is 8.12. The first-order chi connectivity index (χ1) is 9.66. The highest BCUT2D eigenvalue weighted by molar-refractivity contribution is 9.10. The molecule has 1 aromatic rings. The summed E-state index contributed by atoms with van der Waals surface area (Å²) in [5.41, 5.74) is 1.76. The van der Waals surface area contributed by atoms with Gasteiger partial charge >= 0.3 is 0 Å². The van der Waals surface area contributed by atoms with Crippen LogP contribution in [-0.4, -0.2) is 25.2 Å². The monoisotopic (exact) mass is 339 g/mol. The lowest BCUT2D eigenvalue weighted by Gasteiger charge is -2.22. The third-order valence-electron chi connectivity index (χ3n) is 3.71. The summed E-state index contributed by atoms with van der Waals surface area (Å²) in [6, 6.07) is 5.62. The zero-order chi connectivity index (χ0) is 14.4. The molecule has 1 N–H and O–H groups in total. The Kier molecular flexibility index (Phi) is 6.05. The molecule has 0 radical (unpaired) electrons. The van der Waals surface area contributed by atoms with Gasteiger partial charge in [0.15, 0.2) is 0 Å². The van der Waals surface area contributed by atoms with Gasteiger partial charge in [0.1, 0.15) is 0 Å². The summed E-state index contributed by atoms with van der Waals surface area (Å²) in [4.78, 5) is 12.0. The van der Waals surface area contributed by atoms with Gasteiger partial charge in [0.2, 0.25) is 0 Å². The number of halogens is 1. The lowest BCUT2D eigenvalue weighted by molar-refractivity contribution is 0.0299. The second-order valence-corrected chi connectivity index (χ2v) is 6.21. The Bertz CT molecular complexity index is 456. The summed E-state index contributed by atoms with van der Waals surface area (Å²) in [6.45, 7) is 3.16. The smallest absolute Gasteiger partial charge is 0.251 e. The minimum atomic E-state index is -0.0344. The van der Waals surface area contributed by atoms with E-state index in [0.29, 0.717) is 24.8 Å². The van der Waals surface area contributed by atoms with Crippen molar-refractivity contribution >= 4 is 21.8 Å². The van der Waals surface area contributed by atoms with E-state index in [1.807, 2.05) is 25.1 Å². The summed E-state index contributed by atoms with van der Waals surface area (Å²) in [6.07, 6.45) is 6.61. The normalized spacial score (nSPS) is 16.1. The van der Waals surface area contributed by atoms with Crippen LogP contribution in [0.15, 0.2) is 22.7 Å². The zero-order valence-corrected chi connectivity index (χ0v) is 13.5. The Hall–Kier alpha value is -0.870. The molecule has 0 aromatic heterocycles. The molecule has 1 aliphatic rings. The van der Waals surface area contributed by atoms with E-state index in [2.05, 4.69) is 21.2 Å². The van der Waals surface area contributed by atoms with Crippen LogP contribution in [0, 0.1) is 6.92 Å². The number of carbonyl (C=O) groups excluding carboxylic acids is 1. The van der Waals surface area contributed by atoms with Crippen molar-refractivity contribution in [2.75, 3.05) is 13.2 Å². The van der Waals surface area contributed by atoms with Crippen LogP contribution in [0.1, 0.15) is 48.0 Å². The van der Waals surface area contributed by atoms with E-state index in [1.54, 1.807) is 0 Å². The van der Waals surface area contributed by atoms with E-state index in [0.717, 1.165) is 10.0 Å². The molecule has 4 heteroatoms. The third kappa shape index (κ3) is 4.60. The molecule has 0 spiro atoms. The standard InChI is InChI=1S/C16H22BrNO2/c1-12-11-13(7-8-15(12)17)16(19)18-9-10-20-14-5-3-2-4-6-14/h7-8,11,14H,2-6,9-10H2,1H3,(H,18,19). The SMILES string of the molecule is Cc1cc(C(=O)NCCOC2CCCCC2)ccc1Br. The van der Waals surface area contributed by atoms with Crippen LogP contribution in [0.3, 0.4) is 0 Å². The van der Waals surface area contributed by atoms with Crippen molar-refractivity contribution in [3.8, 4) is 0 Å². The predicted molar refractivity (Wildman–Crippen MR) is 84.0 cm³/mol. The molecule has 1 aromatic carbocycles. The van der Waals surface area contributed by atoms with E-state index in [4.69, 9.17) is 4.74 Å². The van der Waals surface area contributed by atoms with Gasteiger partial charge in [-0.3, -0.25) is 4.79 Å². The average Bonchev–Trinajstić information content (AvgIpc) is 2.47. The van der Waals surface area contributed by atoms with E-state index < -0.39 is 0 Å². The minimum absolute atomic E-state index is 0.0344. The van der Waals surface area contributed by atoms with Crippen molar-refractivity contribution in [3.63, 3.8) is 0 Å². The number of benzene rings is 1. The highest BCUT2D eigenvalue weighted by Crippen LogP contribution is 2.20. The molecular weight excluding hydrogens is 318 g/mol. The van der Waals surface area contributed by atoms with Crippen molar-refractivity contribution in [1.82, 2.24) is 5.32 Å². The number of carbonyl (C=O) groups is 1. The van der Waals surface area contributed by atoms with Crippen molar-refractivity contribution in [2.45, 2.75) is 45.1 Å². The molecule has 1 aliphatic carbocycles. The second-order valence-electron chi connectivity index (χ2n) is 5.35. The number of rotatable bonds is 5. The lowest BCUT2D eigenvalue weighted by Crippen LogP contribution is -2.29. The van der Waals surface area contributed by atoms with Crippen LogP contribution in [0.4, 0.5) is 0 Å². The summed E-state index contributed by atoms with van der Waals surface area (Å²) >= 11 is 3.43. The van der Waals surface area contributed by atoms with Gasteiger partial charge in [0.25, 0.3) is 5.91 Å². The first-order valence-electron chi connectivity index (χ1n) is 7.33. The summed E-state index contributed by atoms with van der Waals surface area (Å²) in [5.74, 6) is -0.0344. The molecule has 0 saturated heterocycles. The maximum atomic E-state index is 12.0. The Balaban J connectivity index is 1.70. The van der Waals surface area contributed by atoms with Crippen molar-refractivity contribution in [3.05, 3.63) is 33.8 Å². The first kappa shape index (κ1) is 15.5. The molecular formula is C16H22BrNO2. The molecule has 1 saturated carbocycles. The van der Waals surface area contributed by atoms with Gasteiger partial charge in [0.05, 0.1) is 12.7 Å². The zero-order valence-electron chi connectivity index (χ0n) is 12.0. The second kappa shape index (κ2) is 7.79. The van der Waals surface area contributed by atoms with Crippen LogP contribution in [0.2, 0.25) is 0 Å². The Morgan fingerprint density at radius 1 is 1.35 bits per heavy atom. The van der Waals surface area contributed by atoms with Gasteiger partial charge < -0.3 is 10.1 Å². The average molecular weight is 340 g/mol. The molecule has 1 amide bonds. The number of nitrogens with one attached hydrogen (secondary N) is 1. The van der Waals surface area contributed by atoms with E-state index in [9.17, 15) is 4.79 Å². The Morgan fingerprint density at radius 3 is 2.80 bits per heavy atom. The topological polar surface area (TPSA) is 38.3 Å². The van der Waals surface area contributed by atoms with Crippen LogP contribution < -0.4 is 5.32 Å². The minimum Gasteiger partial charge on any atom is -0.376 e. The van der Waals surface area contributed by atoms with Crippen LogP contribution in [-0.2, 0) is 4.74 Å². The van der Waals surface area contributed by atoms with Crippen LogP contribution >= 0.6 is 15.9 Å².